The quantitative estimate of drug-likeness (QED) is 0.814. The van der Waals surface area contributed by atoms with E-state index in [0.717, 1.165) is 39.1 Å². The van der Waals surface area contributed by atoms with Crippen molar-refractivity contribution in [1.29, 1.82) is 0 Å². The Morgan fingerprint density at radius 1 is 1.16 bits per heavy atom. The van der Waals surface area contributed by atoms with Crippen LogP contribution in [0.5, 0.6) is 0 Å². The highest BCUT2D eigenvalue weighted by Gasteiger charge is 2.30. The molecule has 0 saturated carbocycles. The van der Waals surface area contributed by atoms with E-state index in [1.54, 1.807) is 0 Å². The normalized spacial score (nSPS) is 23.3. The largest absolute Gasteiger partial charge is 0.381 e. The number of carbonyl (C=O) groups excluding carboxylic acids is 1. The van der Waals surface area contributed by atoms with Crippen LogP contribution in [0, 0.1) is 5.92 Å². The van der Waals surface area contributed by atoms with E-state index < -0.39 is 0 Å². The van der Waals surface area contributed by atoms with Crippen molar-refractivity contribution in [3.8, 4) is 0 Å². The number of nitrogens with zero attached hydrogens (tertiary/aromatic N) is 1. The van der Waals surface area contributed by atoms with Crippen molar-refractivity contribution in [2.24, 2.45) is 5.92 Å². The maximum Gasteiger partial charge on any atom is 0.223 e. The summed E-state index contributed by atoms with van der Waals surface area (Å²) in [5, 5.41) is 3.11. The third kappa shape index (κ3) is 4.16. The van der Waals surface area contributed by atoms with Crippen LogP contribution < -0.4 is 5.32 Å². The van der Waals surface area contributed by atoms with E-state index in [4.69, 9.17) is 9.47 Å². The highest BCUT2D eigenvalue weighted by molar-refractivity contribution is 5.78. The summed E-state index contributed by atoms with van der Waals surface area (Å²) in [4.78, 5) is 14.5. The lowest BCUT2D eigenvalue weighted by molar-refractivity contribution is -0.128. The van der Waals surface area contributed by atoms with E-state index in [9.17, 15) is 4.79 Å². The van der Waals surface area contributed by atoms with E-state index in [-0.39, 0.29) is 17.4 Å². The third-order valence-corrected chi connectivity index (χ3v) is 4.15. The fraction of sp³-hybridized carbons (Fsp3) is 0.929. The zero-order chi connectivity index (χ0) is 13.7. The van der Waals surface area contributed by atoms with Gasteiger partial charge in [-0.3, -0.25) is 9.69 Å². The highest BCUT2D eigenvalue weighted by Crippen LogP contribution is 2.17. The second kappa shape index (κ2) is 6.68. The van der Waals surface area contributed by atoms with Gasteiger partial charge in [0.1, 0.15) is 0 Å². The van der Waals surface area contributed by atoms with Gasteiger partial charge in [0.15, 0.2) is 0 Å². The van der Waals surface area contributed by atoms with E-state index in [0.29, 0.717) is 19.8 Å². The van der Waals surface area contributed by atoms with Crippen LogP contribution in [0.25, 0.3) is 0 Å². The average molecular weight is 270 g/mol. The fourth-order valence-corrected chi connectivity index (χ4v) is 2.69. The Morgan fingerprint density at radius 2 is 1.74 bits per heavy atom. The van der Waals surface area contributed by atoms with Gasteiger partial charge in [0.25, 0.3) is 0 Å². The molecule has 2 heterocycles. The molecule has 0 spiro atoms. The maximum absolute atomic E-state index is 12.1. The Bertz CT molecular complexity index is 295. The summed E-state index contributed by atoms with van der Waals surface area (Å²) in [6.07, 6.45) is 1.70. The molecule has 0 radical (unpaired) electrons. The first-order valence-corrected chi connectivity index (χ1v) is 7.28. The number of rotatable bonds is 4. The average Bonchev–Trinajstić information content (AvgIpc) is 2.47. The van der Waals surface area contributed by atoms with Crippen LogP contribution >= 0.6 is 0 Å². The smallest absolute Gasteiger partial charge is 0.223 e. The standard InChI is InChI=1S/C14H26N2O3/c1-14(2,16-5-9-19-10-6-16)11-15-13(17)12-3-7-18-8-4-12/h12H,3-11H2,1-2H3,(H,15,17). The predicted molar refractivity (Wildman–Crippen MR) is 73.0 cm³/mol. The molecule has 2 fully saturated rings. The molecular formula is C14H26N2O3. The van der Waals surface area contributed by atoms with E-state index in [1.807, 2.05) is 0 Å². The van der Waals surface area contributed by atoms with Gasteiger partial charge in [-0.2, -0.15) is 0 Å². The van der Waals surface area contributed by atoms with Gasteiger partial charge in [0, 0.05) is 44.3 Å². The predicted octanol–water partition coefficient (Wildman–Crippen LogP) is 0.640. The van der Waals surface area contributed by atoms with Gasteiger partial charge >= 0.3 is 0 Å². The molecule has 0 aliphatic carbocycles. The van der Waals surface area contributed by atoms with Gasteiger partial charge in [0.2, 0.25) is 5.91 Å². The summed E-state index contributed by atoms with van der Waals surface area (Å²) in [6, 6.07) is 0. The molecule has 0 unspecified atom stereocenters. The number of morpholine rings is 1. The van der Waals surface area contributed by atoms with Crippen LogP contribution in [0.4, 0.5) is 0 Å². The monoisotopic (exact) mass is 270 g/mol. The van der Waals surface area contributed by atoms with Crippen molar-refractivity contribution in [3.63, 3.8) is 0 Å². The van der Waals surface area contributed by atoms with Gasteiger partial charge in [-0.05, 0) is 26.7 Å². The minimum Gasteiger partial charge on any atom is -0.381 e. The number of hydrogen-bond acceptors (Lipinski definition) is 4. The Morgan fingerprint density at radius 3 is 2.37 bits per heavy atom. The first-order valence-electron chi connectivity index (χ1n) is 7.28. The fourth-order valence-electron chi connectivity index (χ4n) is 2.69. The summed E-state index contributed by atoms with van der Waals surface area (Å²) in [6.45, 7) is 9.96. The Hall–Kier alpha value is -0.650. The molecule has 0 aromatic heterocycles. The molecule has 110 valence electrons. The van der Waals surface area contributed by atoms with Crippen molar-refractivity contribution in [2.45, 2.75) is 32.2 Å². The van der Waals surface area contributed by atoms with Gasteiger partial charge in [-0.25, -0.2) is 0 Å². The summed E-state index contributed by atoms with van der Waals surface area (Å²) >= 11 is 0. The first-order chi connectivity index (χ1) is 9.09. The Labute approximate surface area is 115 Å². The van der Waals surface area contributed by atoms with Crippen LogP contribution in [0.15, 0.2) is 0 Å². The molecule has 2 aliphatic heterocycles. The van der Waals surface area contributed by atoms with Gasteiger partial charge in [0.05, 0.1) is 13.2 Å². The summed E-state index contributed by atoms with van der Waals surface area (Å²) in [7, 11) is 0. The molecule has 2 saturated heterocycles. The third-order valence-electron chi connectivity index (χ3n) is 4.15. The zero-order valence-corrected chi connectivity index (χ0v) is 12.1. The lowest BCUT2D eigenvalue weighted by Gasteiger charge is -2.41. The van der Waals surface area contributed by atoms with Crippen LogP contribution in [0.1, 0.15) is 26.7 Å². The van der Waals surface area contributed by atoms with Gasteiger partial charge in [-0.1, -0.05) is 0 Å². The molecular weight excluding hydrogens is 244 g/mol. The topological polar surface area (TPSA) is 50.8 Å². The lowest BCUT2D eigenvalue weighted by atomic mass is 9.97. The van der Waals surface area contributed by atoms with Crippen LogP contribution in [-0.4, -0.2) is 62.4 Å². The minimum absolute atomic E-state index is 0.00932. The molecule has 1 amide bonds. The van der Waals surface area contributed by atoms with Crippen molar-refractivity contribution in [3.05, 3.63) is 0 Å². The molecule has 0 bridgehead atoms. The first kappa shape index (κ1) is 14.8. The van der Waals surface area contributed by atoms with Crippen molar-refractivity contribution in [2.75, 3.05) is 46.1 Å². The zero-order valence-electron chi connectivity index (χ0n) is 12.1. The van der Waals surface area contributed by atoms with Crippen LogP contribution in [-0.2, 0) is 14.3 Å². The molecule has 1 N–H and O–H groups in total. The highest BCUT2D eigenvalue weighted by atomic mass is 16.5. The maximum atomic E-state index is 12.1. The number of hydrogen-bond donors (Lipinski definition) is 1. The SMILES string of the molecule is CC(C)(CNC(=O)C1CCOCC1)N1CCOCC1. The van der Waals surface area contributed by atoms with Gasteiger partial charge in [-0.15, -0.1) is 0 Å². The van der Waals surface area contributed by atoms with Crippen LogP contribution in [0.2, 0.25) is 0 Å². The summed E-state index contributed by atoms with van der Waals surface area (Å²) in [5.74, 6) is 0.318. The lowest BCUT2D eigenvalue weighted by Crippen LogP contribution is -2.56. The van der Waals surface area contributed by atoms with E-state index in [2.05, 4.69) is 24.1 Å². The summed E-state index contributed by atoms with van der Waals surface area (Å²) < 4.78 is 10.7. The number of nitrogens with one attached hydrogen (secondary N) is 1. The number of ether oxygens (including phenoxy) is 2. The van der Waals surface area contributed by atoms with E-state index >= 15 is 0 Å². The molecule has 5 heteroatoms. The molecule has 0 aromatic carbocycles. The van der Waals surface area contributed by atoms with Crippen LogP contribution in [0.3, 0.4) is 0 Å². The molecule has 19 heavy (non-hydrogen) atoms. The van der Waals surface area contributed by atoms with Crippen molar-refractivity contribution >= 4 is 5.91 Å². The molecule has 0 aromatic rings. The number of amides is 1. The second-order valence-corrected chi connectivity index (χ2v) is 6.02. The number of carbonyl (C=O) groups is 1. The molecule has 2 aliphatic rings. The molecule has 2 rings (SSSR count). The Kier molecular flexibility index (Phi) is 5.19. The minimum atomic E-state index is -0.00932. The van der Waals surface area contributed by atoms with Crippen molar-refractivity contribution < 1.29 is 14.3 Å². The van der Waals surface area contributed by atoms with E-state index in [1.165, 1.54) is 0 Å². The van der Waals surface area contributed by atoms with Crippen molar-refractivity contribution in [1.82, 2.24) is 10.2 Å². The Balaban J connectivity index is 1.77. The summed E-state index contributed by atoms with van der Waals surface area (Å²) in [5.41, 5.74) is -0.00932. The van der Waals surface area contributed by atoms with Gasteiger partial charge < -0.3 is 14.8 Å². The second-order valence-electron chi connectivity index (χ2n) is 6.02. The molecule has 0 atom stereocenters. The molecule has 5 nitrogen and oxygen atoms in total.